The van der Waals surface area contributed by atoms with E-state index in [-0.39, 0.29) is 6.10 Å². The number of nitrogens with one attached hydrogen (secondary N) is 1. The molecule has 4 nitrogen and oxygen atoms in total. The molecule has 1 saturated heterocycles. The lowest BCUT2D eigenvalue weighted by Gasteiger charge is -2.18. The average Bonchev–Trinajstić information content (AvgIpc) is 3.01. The molecule has 0 radical (unpaired) electrons. The van der Waals surface area contributed by atoms with E-state index in [9.17, 15) is 0 Å². The first-order chi connectivity index (χ1) is 10.3. The summed E-state index contributed by atoms with van der Waals surface area (Å²) in [5.41, 5.74) is 0.967. The number of pyridine rings is 1. The molecule has 0 saturated carbocycles. The lowest BCUT2D eigenvalue weighted by Crippen LogP contribution is -2.34. The molecule has 0 amide bonds. The van der Waals surface area contributed by atoms with Crippen molar-refractivity contribution in [3.63, 3.8) is 0 Å². The van der Waals surface area contributed by atoms with Crippen LogP contribution in [0.15, 0.2) is 36.5 Å². The minimum Gasteiger partial charge on any atom is -0.489 e. The number of rotatable bonds is 6. The van der Waals surface area contributed by atoms with Gasteiger partial charge in [0.25, 0.3) is 0 Å². The fourth-order valence-electron chi connectivity index (χ4n) is 2.69. The predicted octanol–water partition coefficient (Wildman–Crippen LogP) is 2.77. The van der Waals surface area contributed by atoms with Crippen LogP contribution in [0.2, 0.25) is 0 Å². The summed E-state index contributed by atoms with van der Waals surface area (Å²) >= 11 is 0. The molecule has 0 aliphatic carbocycles. The molecule has 112 valence electrons. The molecule has 2 atom stereocenters. The highest BCUT2D eigenvalue weighted by atomic mass is 16.5. The molecule has 2 heterocycles. The van der Waals surface area contributed by atoms with Gasteiger partial charge in [0.05, 0.1) is 11.6 Å². The van der Waals surface area contributed by atoms with Gasteiger partial charge in [-0.15, -0.1) is 0 Å². The van der Waals surface area contributed by atoms with Crippen molar-refractivity contribution in [2.45, 2.75) is 32.0 Å². The number of benzene rings is 1. The third-order valence-electron chi connectivity index (χ3n) is 3.76. The number of aromatic nitrogens is 1. The first kappa shape index (κ1) is 14.3. The van der Waals surface area contributed by atoms with Crippen LogP contribution in [0.25, 0.3) is 10.9 Å². The van der Waals surface area contributed by atoms with E-state index in [4.69, 9.17) is 9.47 Å². The second kappa shape index (κ2) is 6.87. The van der Waals surface area contributed by atoms with E-state index in [1.165, 1.54) is 6.42 Å². The molecule has 1 aliphatic rings. The first-order valence-electron chi connectivity index (χ1n) is 7.65. The molecule has 2 aromatic rings. The zero-order valence-corrected chi connectivity index (χ0v) is 12.4. The van der Waals surface area contributed by atoms with Crippen molar-refractivity contribution in [1.29, 1.82) is 0 Å². The Bertz CT molecular complexity index is 577. The minimum absolute atomic E-state index is 0.109. The van der Waals surface area contributed by atoms with Crippen molar-refractivity contribution in [2.75, 3.05) is 19.7 Å². The number of hydrogen-bond acceptors (Lipinski definition) is 4. The van der Waals surface area contributed by atoms with E-state index >= 15 is 0 Å². The fourth-order valence-corrected chi connectivity index (χ4v) is 2.69. The van der Waals surface area contributed by atoms with E-state index in [0.717, 1.165) is 42.8 Å². The van der Waals surface area contributed by atoms with Crippen molar-refractivity contribution >= 4 is 10.9 Å². The van der Waals surface area contributed by atoms with Crippen LogP contribution >= 0.6 is 0 Å². The minimum atomic E-state index is 0.109. The van der Waals surface area contributed by atoms with Crippen molar-refractivity contribution in [3.05, 3.63) is 36.5 Å². The van der Waals surface area contributed by atoms with E-state index < -0.39 is 0 Å². The number of nitrogens with zero attached hydrogens (tertiary/aromatic N) is 1. The molecule has 1 aromatic heterocycles. The Labute approximate surface area is 125 Å². The summed E-state index contributed by atoms with van der Waals surface area (Å²) in [7, 11) is 0. The third-order valence-corrected chi connectivity index (χ3v) is 3.76. The quantitative estimate of drug-likeness (QED) is 0.887. The van der Waals surface area contributed by atoms with Gasteiger partial charge in [-0.2, -0.15) is 0 Å². The number of ether oxygens (including phenoxy) is 2. The van der Waals surface area contributed by atoms with Crippen LogP contribution < -0.4 is 10.1 Å². The van der Waals surface area contributed by atoms with Gasteiger partial charge >= 0.3 is 0 Å². The highest BCUT2D eigenvalue weighted by Crippen LogP contribution is 2.24. The highest BCUT2D eigenvalue weighted by Gasteiger charge is 2.15. The molecular weight excluding hydrogens is 264 g/mol. The zero-order valence-electron chi connectivity index (χ0n) is 12.4. The number of hydrogen-bond donors (Lipinski definition) is 1. The monoisotopic (exact) mass is 286 g/mol. The molecule has 21 heavy (non-hydrogen) atoms. The Balaban J connectivity index is 1.54. The predicted molar refractivity (Wildman–Crippen MR) is 83.7 cm³/mol. The SMILES string of the molecule is CC(CNCC1CCCO1)Oc1cccc2ncccc12. The molecule has 1 fully saturated rings. The molecule has 0 bridgehead atoms. The maximum absolute atomic E-state index is 6.05. The largest absolute Gasteiger partial charge is 0.489 e. The van der Waals surface area contributed by atoms with E-state index in [0.29, 0.717) is 6.10 Å². The molecule has 2 unspecified atom stereocenters. The summed E-state index contributed by atoms with van der Waals surface area (Å²) in [6, 6.07) is 9.97. The van der Waals surface area contributed by atoms with E-state index in [2.05, 4.69) is 17.2 Å². The normalized spacial score (nSPS) is 19.8. The smallest absolute Gasteiger partial charge is 0.129 e. The van der Waals surface area contributed by atoms with Crippen LogP contribution in [-0.2, 0) is 4.74 Å². The van der Waals surface area contributed by atoms with Gasteiger partial charge < -0.3 is 14.8 Å². The summed E-state index contributed by atoms with van der Waals surface area (Å²) < 4.78 is 11.6. The standard InChI is InChI=1S/C17H22N2O2/c1-13(11-18-12-14-5-4-10-20-14)21-17-8-2-7-16-15(17)6-3-9-19-16/h2-3,6-9,13-14,18H,4-5,10-12H2,1H3. The Kier molecular flexibility index (Phi) is 4.68. The van der Waals surface area contributed by atoms with Crippen LogP contribution in [0.5, 0.6) is 5.75 Å². The molecule has 1 N–H and O–H groups in total. The Morgan fingerprint density at radius 1 is 1.38 bits per heavy atom. The lowest BCUT2D eigenvalue weighted by molar-refractivity contribution is 0.106. The van der Waals surface area contributed by atoms with Crippen molar-refractivity contribution in [2.24, 2.45) is 0 Å². The average molecular weight is 286 g/mol. The Hall–Kier alpha value is -1.65. The van der Waals surface area contributed by atoms with Crippen LogP contribution in [-0.4, -0.2) is 36.9 Å². The van der Waals surface area contributed by atoms with Crippen LogP contribution in [0.4, 0.5) is 0 Å². The maximum Gasteiger partial charge on any atom is 0.129 e. The molecule has 1 aromatic carbocycles. The zero-order chi connectivity index (χ0) is 14.5. The molecule has 0 spiro atoms. The highest BCUT2D eigenvalue weighted by molar-refractivity contribution is 5.84. The van der Waals surface area contributed by atoms with Gasteiger partial charge in [0.1, 0.15) is 11.9 Å². The topological polar surface area (TPSA) is 43.4 Å². The molecule has 1 aliphatic heterocycles. The summed E-state index contributed by atoms with van der Waals surface area (Å²) in [5.74, 6) is 0.895. The second-order valence-corrected chi connectivity index (χ2v) is 5.55. The van der Waals surface area contributed by atoms with Gasteiger partial charge in [-0.1, -0.05) is 6.07 Å². The molecular formula is C17H22N2O2. The summed E-state index contributed by atoms with van der Waals surface area (Å²) in [6.07, 6.45) is 4.63. The van der Waals surface area contributed by atoms with Gasteiger partial charge in [0.2, 0.25) is 0 Å². The van der Waals surface area contributed by atoms with Crippen LogP contribution in [0.1, 0.15) is 19.8 Å². The Morgan fingerprint density at radius 3 is 3.19 bits per heavy atom. The molecule has 3 rings (SSSR count). The number of fused-ring (bicyclic) bond motifs is 1. The maximum atomic E-state index is 6.05. The van der Waals surface area contributed by atoms with E-state index in [1.807, 2.05) is 30.3 Å². The molecule has 4 heteroatoms. The summed E-state index contributed by atoms with van der Waals surface area (Å²) in [5, 5.41) is 4.49. The Morgan fingerprint density at radius 2 is 2.33 bits per heavy atom. The first-order valence-corrected chi connectivity index (χ1v) is 7.65. The van der Waals surface area contributed by atoms with Gasteiger partial charge in [-0.25, -0.2) is 0 Å². The second-order valence-electron chi connectivity index (χ2n) is 5.55. The fraction of sp³-hybridized carbons (Fsp3) is 0.471. The van der Waals surface area contributed by atoms with Gasteiger partial charge in [0, 0.05) is 31.3 Å². The van der Waals surface area contributed by atoms with Gasteiger partial charge in [-0.3, -0.25) is 4.98 Å². The van der Waals surface area contributed by atoms with E-state index in [1.54, 1.807) is 6.20 Å². The van der Waals surface area contributed by atoms with Crippen molar-refractivity contribution in [1.82, 2.24) is 10.3 Å². The summed E-state index contributed by atoms with van der Waals surface area (Å²) in [6.45, 7) is 4.71. The van der Waals surface area contributed by atoms with Crippen LogP contribution in [0.3, 0.4) is 0 Å². The lowest BCUT2D eigenvalue weighted by atomic mass is 10.2. The van der Waals surface area contributed by atoms with Gasteiger partial charge in [0.15, 0.2) is 0 Å². The summed E-state index contributed by atoms with van der Waals surface area (Å²) in [4.78, 5) is 4.35. The van der Waals surface area contributed by atoms with Crippen molar-refractivity contribution in [3.8, 4) is 5.75 Å². The third kappa shape index (κ3) is 3.71. The van der Waals surface area contributed by atoms with Crippen LogP contribution in [0, 0.1) is 0 Å². The van der Waals surface area contributed by atoms with Gasteiger partial charge in [-0.05, 0) is 44.0 Å². The van der Waals surface area contributed by atoms with Crippen molar-refractivity contribution < 1.29 is 9.47 Å².